The maximum Gasteiger partial charge on any atom is 0.259 e. The van der Waals surface area contributed by atoms with E-state index < -0.39 is 0 Å². The van der Waals surface area contributed by atoms with Gasteiger partial charge in [-0.3, -0.25) is 4.79 Å². The van der Waals surface area contributed by atoms with Gasteiger partial charge in [-0.15, -0.1) is 0 Å². The van der Waals surface area contributed by atoms with Gasteiger partial charge in [0.25, 0.3) is 5.91 Å². The summed E-state index contributed by atoms with van der Waals surface area (Å²) in [6.45, 7) is 1.94. The molecule has 0 bridgehead atoms. The fourth-order valence-corrected chi connectivity index (χ4v) is 2.48. The van der Waals surface area contributed by atoms with Crippen LogP contribution in [0.25, 0.3) is 0 Å². The van der Waals surface area contributed by atoms with Gasteiger partial charge in [0.15, 0.2) is 0 Å². The lowest BCUT2D eigenvalue weighted by Crippen LogP contribution is -2.27. The molecule has 2 rings (SSSR count). The maximum atomic E-state index is 12.6. The van der Waals surface area contributed by atoms with E-state index in [4.69, 9.17) is 17.3 Å². The highest BCUT2D eigenvalue weighted by Crippen LogP contribution is 2.28. The van der Waals surface area contributed by atoms with Crippen molar-refractivity contribution in [1.29, 1.82) is 0 Å². The first kappa shape index (κ1) is 14.9. The first-order chi connectivity index (χ1) is 9.40. The summed E-state index contributed by atoms with van der Waals surface area (Å²) >= 11 is 9.37. The molecule has 0 aliphatic heterocycles. The Labute approximate surface area is 131 Å². The summed E-state index contributed by atoms with van der Waals surface area (Å²) in [5.74, 6) is -0.144. The molecule has 3 nitrogen and oxygen atoms in total. The molecule has 20 heavy (non-hydrogen) atoms. The molecule has 0 aromatic heterocycles. The molecule has 0 saturated heterocycles. The zero-order valence-corrected chi connectivity index (χ0v) is 13.5. The van der Waals surface area contributed by atoms with E-state index in [1.54, 1.807) is 25.2 Å². The maximum absolute atomic E-state index is 12.6. The molecule has 0 heterocycles. The van der Waals surface area contributed by atoms with Crippen LogP contribution in [0.2, 0.25) is 5.02 Å². The van der Waals surface area contributed by atoms with Crippen LogP contribution in [0.4, 0.5) is 11.4 Å². The van der Waals surface area contributed by atoms with E-state index in [9.17, 15) is 4.79 Å². The van der Waals surface area contributed by atoms with Crippen molar-refractivity contribution in [2.24, 2.45) is 0 Å². The number of nitrogens with zero attached hydrogens (tertiary/aromatic N) is 1. The number of rotatable bonds is 2. The van der Waals surface area contributed by atoms with Crippen molar-refractivity contribution in [2.75, 3.05) is 17.7 Å². The standard InChI is InChI=1S/C15H14BrClN2O/c1-9-3-5-12(16)11(7-9)15(20)19(2)14-8-10(17)4-6-13(14)18/h3-8H,18H2,1-2H3. The number of amides is 1. The molecule has 0 aliphatic rings. The minimum atomic E-state index is -0.144. The van der Waals surface area contributed by atoms with Crippen LogP contribution >= 0.6 is 27.5 Å². The average molecular weight is 354 g/mol. The summed E-state index contributed by atoms with van der Waals surface area (Å²) in [5, 5.41) is 0.539. The number of benzene rings is 2. The van der Waals surface area contributed by atoms with E-state index in [0.717, 1.165) is 10.0 Å². The largest absolute Gasteiger partial charge is 0.397 e. The molecule has 2 aromatic carbocycles. The summed E-state index contributed by atoms with van der Waals surface area (Å²) < 4.78 is 0.751. The number of hydrogen-bond acceptors (Lipinski definition) is 2. The van der Waals surface area contributed by atoms with E-state index in [1.165, 1.54) is 4.90 Å². The molecule has 0 aliphatic carbocycles. The molecule has 0 unspecified atom stereocenters. The van der Waals surface area contributed by atoms with Crippen molar-refractivity contribution in [2.45, 2.75) is 6.92 Å². The van der Waals surface area contributed by atoms with Gasteiger partial charge in [0.2, 0.25) is 0 Å². The number of nitrogen functional groups attached to an aromatic ring is 1. The van der Waals surface area contributed by atoms with Crippen LogP contribution in [0, 0.1) is 6.92 Å². The van der Waals surface area contributed by atoms with Crippen molar-refractivity contribution in [3.8, 4) is 0 Å². The molecule has 0 saturated carbocycles. The van der Waals surface area contributed by atoms with Gasteiger partial charge >= 0.3 is 0 Å². The van der Waals surface area contributed by atoms with Gasteiger partial charge in [-0.1, -0.05) is 23.2 Å². The average Bonchev–Trinajstić information content (AvgIpc) is 2.42. The minimum absolute atomic E-state index is 0.144. The predicted octanol–water partition coefficient (Wildman–Crippen LogP) is 4.27. The summed E-state index contributed by atoms with van der Waals surface area (Å²) in [4.78, 5) is 14.1. The first-order valence-electron chi connectivity index (χ1n) is 5.99. The quantitative estimate of drug-likeness (QED) is 0.820. The second-order valence-electron chi connectivity index (χ2n) is 4.55. The highest BCUT2D eigenvalue weighted by Gasteiger charge is 2.18. The highest BCUT2D eigenvalue weighted by atomic mass is 79.9. The van der Waals surface area contributed by atoms with E-state index >= 15 is 0 Å². The van der Waals surface area contributed by atoms with Gasteiger partial charge in [-0.25, -0.2) is 0 Å². The smallest absolute Gasteiger partial charge is 0.259 e. The molecule has 0 spiro atoms. The molecular weight excluding hydrogens is 340 g/mol. The third-order valence-electron chi connectivity index (χ3n) is 3.01. The van der Waals surface area contributed by atoms with Gasteiger partial charge in [-0.2, -0.15) is 0 Å². The normalized spacial score (nSPS) is 10.4. The van der Waals surface area contributed by atoms with Gasteiger partial charge in [0.1, 0.15) is 0 Å². The number of aryl methyl sites for hydroxylation is 1. The molecule has 0 fully saturated rings. The van der Waals surface area contributed by atoms with Crippen LogP contribution in [-0.2, 0) is 0 Å². The fraction of sp³-hybridized carbons (Fsp3) is 0.133. The Morgan fingerprint density at radius 2 is 1.95 bits per heavy atom. The summed E-state index contributed by atoms with van der Waals surface area (Å²) in [5.41, 5.74) is 8.62. The highest BCUT2D eigenvalue weighted by molar-refractivity contribution is 9.10. The van der Waals surface area contributed by atoms with Crippen molar-refractivity contribution < 1.29 is 4.79 Å². The molecule has 2 aromatic rings. The van der Waals surface area contributed by atoms with Crippen LogP contribution in [0.15, 0.2) is 40.9 Å². The lowest BCUT2D eigenvalue weighted by Gasteiger charge is -2.20. The summed E-state index contributed by atoms with van der Waals surface area (Å²) in [6.07, 6.45) is 0. The molecule has 5 heteroatoms. The molecule has 2 N–H and O–H groups in total. The van der Waals surface area contributed by atoms with Gasteiger partial charge < -0.3 is 10.6 Å². The number of nitrogens with two attached hydrogens (primary N) is 1. The Morgan fingerprint density at radius 3 is 2.65 bits per heavy atom. The number of carbonyl (C=O) groups excluding carboxylic acids is 1. The predicted molar refractivity (Wildman–Crippen MR) is 87.5 cm³/mol. The van der Waals surface area contributed by atoms with E-state index in [2.05, 4.69) is 15.9 Å². The number of halogens is 2. The molecular formula is C15H14BrClN2O. The summed E-state index contributed by atoms with van der Waals surface area (Å²) in [6, 6.07) is 10.7. The molecule has 1 amide bonds. The van der Waals surface area contributed by atoms with E-state index in [-0.39, 0.29) is 5.91 Å². The number of hydrogen-bond donors (Lipinski definition) is 1. The Hall–Kier alpha value is -1.52. The number of carbonyl (C=O) groups is 1. The third-order valence-corrected chi connectivity index (χ3v) is 3.94. The monoisotopic (exact) mass is 352 g/mol. The third kappa shape index (κ3) is 2.97. The van der Waals surface area contributed by atoms with E-state index in [0.29, 0.717) is 22.0 Å². The second-order valence-corrected chi connectivity index (χ2v) is 5.84. The van der Waals surface area contributed by atoms with Crippen molar-refractivity contribution in [3.05, 3.63) is 57.0 Å². The second kappa shape index (κ2) is 5.85. The number of anilines is 2. The first-order valence-corrected chi connectivity index (χ1v) is 7.16. The topological polar surface area (TPSA) is 46.3 Å². The van der Waals surface area contributed by atoms with Crippen LogP contribution in [0.5, 0.6) is 0 Å². The Bertz CT molecular complexity index is 673. The van der Waals surface area contributed by atoms with Crippen LogP contribution in [0.1, 0.15) is 15.9 Å². The Balaban J connectivity index is 2.42. The molecule has 0 radical (unpaired) electrons. The lowest BCUT2D eigenvalue weighted by molar-refractivity contribution is 0.0992. The lowest BCUT2D eigenvalue weighted by atomic mass is 10.1. The van der Waals surface area contributed by atoms with Crippen molar-refractivity contribution in [3.63, 3.8) is 0 Å². The molecule has 0 atom stereocenters. The minimum Gasteiger partial charge on any atom is -0.397 e. The van der Waals surface area contributed by atoms with Crippen molar-refractivity contribution in [1.82, 2.24) is 0 Å². The van der Waals surface area contributed by atoms with Crippen LogP contribution in [0.3, 0.4) is 0 Å². The summed E-state index contributed by atoms with van der Waals surface area (Å²) in [7, 11) is 1.68. The van der Waals surface area contributed by atoms with Crippen LogP contribution < -0.4 is 10.6 Å². The fourth-order valence-electron chi connectivity index (χ4n) is 1.90. The van der Waals surface area contributed by atoms with Gasteiger partial charge in [0.05, 0.1) is 16.9 Å². The van der Waals surface area contributed by atoms with E-state index in [1.807, 2.05) is 25.1 Å². The zero-order chi connectivity index (χ0) is 14.9. The van der Waals surface area contributed by atoms with Crippen molar-refractivity contribution >= 4 is 44.8 Å². The Kier molecular flexibility index (Phi) is 4.35. The zero-order valence-electron chi connectivity index (χ0n) is 11.2. The SMILES string of the molecule is Cc1ccc(Br)c(C(=O)N(C)c2cc(Cl)ccc2N)c1. The Morgan fingerprint density at radius 1 is 1.25 bits per heavy atom. The van der Waals surface area contributed by atoms with Crippen LogP contribution in [-0.4, -0.2) is 13.0 Å². The van der Waals surface area contributed by atoms with Gasteiger partial charge in [-0.05, 0) is 53.2 Å². The molecule has 104 valence electrons. The van der Waals surface area contributed by atoms with Gasteiger partial charge in [0, 0.05) is 16.5 Å².